The fourth-order valence-corrected chi connectivity index (χ4v) is 4.81. The lowest BCUT2D eigenvalue weighted by atomic mass is 10.2. The first kappa shape index (κ1) is 23.1. The first-order chi connectivity index (χ1) is 16.0. The zero-order chi connectivity index (χ0) is 23.2. The maximum atomic E-state index is 12.6. The van der Waals surface area contributed by atoms with E-state index >= 15 is 0 Å². The number of para-hydroxylation sites is 1. The fraction of sp³-hybridized carbons (Fsp3) is 0.136. The maximum absolute atomic E-state index is 12.6. The van der Waals surface area contributed by atoms with Gasteiger partial charge in [-0.15, -0.1) is 10.2 Å². The van der Waals surface area contributed by atoms with Crippen molar-refractivity contribution in [3.63, 3.8) is 0 Å². The van der Waals surface area contributed by atoms with Crippen molar-refractivity contribution in [3.8, 4) is 5.69 Å². The van der Waals surface area contributed by atoms with E-state index in [1.54, 1.807) is 41.2 Å². The lowest BCUT2D eigenvalue weighted by Gasteiger charge is -2.13. The number of rotatable bonds is 8. The average molecular weight is 500 g/mol. The lowest BCUT2D eigenvalue weighted by Crippen LogP contribution is -2.37. The fourth-order valence-electron chi connectivity index (χ4n) is 3.00. The summed E-state index contributed by atoms with van der Waals surface area (Å²) in [6.07, 6.45) is 3.19. The molecule has 3 amide bonds. The van der Waals surface area contributed by atoms with Crippen molar-refractivity contribution in [1.29, 1.82) is 0 Å². The molecule has 1 saturated heterocycles. The second kappa shape index (κ2) is 10.7. The van der Waals surface area contributed by atoms with Crippen LogP contribution in [0, 0.1) is 0 Å². The zero-order valence-electron chi connectivity index (χ0n) is 17.2. The third-order valence-electron chi connectivity index (χ3n) is 4.61. The number of nitrogens with zero attached hydrogens (tertiary/aromatic N) is 4. The molecule has 0 bridgehead atoms. The van der Waals surface area contributed by atoms with Gasteiger partial charge in [-0.05, 0) is 41.6 Å². The van der Waals surface area contributed by atoms with Gasteiger partial charge in [0.25, 0.3) is 11.1 Å². The van der Waals surface area contributed by atoms with Crippen LogP contribution >= 0.6 is 35.1 Å². The molecule has 0 radical (unpaired) electrons. The molecule has 2 heterocycles. The van der Waals surface area contributed by atoms with Gasteiger partial charge in [0.1, 0.15) is 6.33 Å². The second-order valence-corrected chi connectivity index (χ2v) is 9.16. The van der Waals surface area contributed by atoms with E-state index in [0.717, 1.165) is 22.3 Å². The Morgan fingerprint density at radius 2 is 1.88 bits per heavy atom. The minimum atomic E-state index is -0.399. The third kappa shape index (κ3) is 5.65. The van der Waals surface area contributed by atoms with Gasteiger partial charge in [0.05, 0.1) is 10.7 Å². The third-order valence-corrected chi connectivity index (χ3v) is 6.80. The molecule has 11 heteroatoms. The Labute approximate surface area is 203 Å². The van der Waals surface area contributed by atoms with Gasteiger partial charge < -0.3 is 5.32 Å². The van der Waals surface area contributed by atoms with Gasteiger partial charge >= 0.3 is 0 Å². The van der Waals surface area contributed by atoms with Crippen LogP contribution in [0.15, 0.2) is 71.0 Å². The van der Waals surface area contributed by atoms with E-state index in [1.807, 2.05) is 30.3 Å². The molecule has 3 aromatic rings. The summed E-state index contributed by atoms with van der Waals surface area (Å²) in [6, 6.07) is 16.7. The summed E-state index contributed by atoms with van der Waals surface area (Å²) in [5, 5.41) is 11.4. The Hall–Kier alpha value is -3.08. The number of imide groups is 1. The Kier molecular flexibility index (Phi) is 7.48. The van der Waals surface area contributed by atoms with E-state index in [0.29, 0.717) is 20.6 Å². The monoisotopic (exact) mass is 499 g/mol. The Morgan fingerprint density at radius 3 is 2.67 bits per heavy atom. The van der Waals surface area contributed by atoms with Gasteiger partial charge in [0.15, 0.2) is 5.16 Å². The summed E-state index contributed by atoms with van der Waals surface area (Å²) in [5.74, 6) is -0.509. The molecule has 1 aliphatic heterocycles. The lowest BCUT2D eigenvalue weighted by molar-refractivity contribution is -0.123. The van der Waals surface area contributed by atoms with Gasteiger partial charge in [0, 0.05) is 23.8 Å². The van der Waals surface area contributed by atoms with Gasteiger partial charge in [0.2, 0.25) is 5.91 Å². The number of halogens is 1. The standard InChI is InChI=1S/C22H18ClN5O3S2/c23-17-9-5-4-6-15(17)12-18-20(30)27(22(31)33-18)11-10-24-19(29)13-32-21-26-25-14-28(21)16-7-2-1-3-8-16/h1-9,12,14H,10-11,13H2,(H,24,29)/b18-12-. The van der Waals surface area contributed by atoms with Crippen molar-refractivity contribution in [2.45, 2.75) is 5.16 Å². The number of hydrogen-bond acceptors (Lipinski definition) is 7. The Balaban J connectivity index is 1.27. The minimum absolute atomic E-state index is 0.0845. The highest BCUT2D eigenvalue weighted by molar-refractivity contribution is 8.18. The van der Waals surface area contributed by atoms with Crippen molar-refractivity contribution in [1.82, 2.24) is 25.0 Å². The van der Waals surface area contributed by atoms with Crippen LogP contribution in [-0.4, -0.2) is 55.6 Å². The van der Waals surface area contributed by atoms with Gasteiger partial charge in [-0.3, -0.25) is 23.9 Å². The molecule has 4 rings (SSSR count). The summed E-state index contributed by atoms with van der Waals surface area (Å²) in [5.41, 5.74) is 1.56. The highest BCUT2D eigenvalue weighted by Gasteiger charge is 2.34. The summed E-state index contributed by atoms with van der Waals surface area (Å²) in [6.45, 7) is 0.239. The molecular weight excluding hydrogens is 482 g/mol. The van der Waals surface area contributed by atoms with Crippen LogP contribution in [-0.2, 0) is 9.59 Å². The summed E-state index contributed by atoms with van der Waals surface area (Å²) in [7, 11) is 0. The highest BCUT2D eigenvalue weighted by Crippen LogP contribution is 2.33. The SMILES string of the molecule is O=C(CSc1nncn1-c1ccccc1)NCCN1C(=O)S/C(=C\c2ccccc2Cl)C1=O. The molecule has 168 valence electrons. The molecule has 33 heavy (non-hydrogen) atoms. The topological polar surface area (TPSA) is 97.2 Å². The molecule has 2 aromatic carbocycles. The molecule has 0 aliphatic carbocycles. The number of amides is 3. The first-order valence-electron chi connectivity index (χ1n) is 9.88. The average Bonchev–Trinajstić information content (AvgIpc) is 3.39. The van der Waals surface area contributed by atoms with E-state index in [-0.39, 0.29) is 30.0 Å². The van der Waals surface area contributed by atoms with Crippen molar-refractivity contribution < 1.29 is 14.4 Å². The number of nitrogens with one attached hydrogen (secondary N) is 1. The van der Waals surface area contributed by atoms with E-state index in [1.165, 1.54) is 11.8 Å². The van der Waals surface area contributed by atoms with Crippen LogP contribution in [0.4, 0.5) is 4.79 Å². The van der Waals surface area contributed by atoms with Gasteiger partial charge in [-0.1, -0.05) is 59.8 Å². The zero-order valence-corrected chi connectivity index (χ0v) is 19.6. The van der Waals surface area contributed by atoms with Crippen LogP contribution < -0.4 is 5.32 Å². The number of aromatic nitrogens is 3. The molecule has 1 N–H and O–H groups in total. The number of benzene rings is 2. The number of thioether (sulfide) groups is 2. The largest absolute Gasteiger partial charge is 0.354 e. The quantitative estimate of drug-likeness (QED) is 0.371. The van der Waals surface area contributed by atoms with Crippen molar-refractivity contribution >= 4 is 58.3 Å². The van der Waals surface area contributed by atoms with E-state index in [2.05, 4.69) is 15.5 Å². The molecule has 0 atom stereocenters. The molecule has 1 aliphatic rings. The number of carbonyl (C=O) groups is 3. The van der Waals surface area contributed by atoms with Crippen LogP contribution in [0.2, 0.25) is 5.02 Å². The summed E-state index contributed by atoms with van der Waals surface area (Å²) in [4.78, 5) is 38.5. The predicted molar refractivity (Wildman–Crippen MR) is 129 cm³/mol. The van der Waals surface area contributed by atoms with Gasteiger partial charge in [-0.2, -0.15) is 0 Å². The van der Waals surface area contributed by atoms with E-state index in [9.17, 15) is 14.4 Å². The van der Waals surface area contributed by atoms with Crippen molar-refractivity contribution in [2.24, 2.45) is 0 Å². The molecule has 0 unspecified atom stereocenters. The van der Waals surface area contributed by atoms with Crippen LogP contribution in [0.1, 0.15) is 5.56 Å². The molecule has 1 fully saturated rings. The molecule has 8 nitrogen and oxygen atoms in total. The van der Waals surface area contributed by atoms with Crippen LogP contribution in [0.5, 0.6) is 0 Å². The van der Waals surface area contributed by atoms with E-state index in [4.69, 9.17) is 11.6 Å². The summed E-state index contributed by atoms with van der Waals surface area (Å²) < 4.78 is 1.80. The normalized spacial score (nSPS) is 14.8. The molecule has 1 aromatic heterocycles. The smallest absolute Gasteiger partial charge is 0.293 e. The van der Waals surface area contributed by atoms with Crippen LogP contribution in [0.25, 0.3) is 11.8 Å². The number of hydrogen-bond donors (Lipinski definition) is 1. The van der Waals surface area contributed by atoms with Crippen molar-refractivity contribution in [2.75, 3.05) is 18.8 Å². The van der Waals surface area contributed by atoms with Gasteiger partial charge in [-0.25, -0.2) is 0 Å². The highest BCUT2D eigenvalue weighted by atomic mass is 35.5. The van der Waals surface area contributed by atoms with Crippen molar-refractivity contribution in [3.05, 3.63) is 76.4 Å². The maximum Gasteiger partial charge on any atom is 0.293 e. The Morgan fingerprint density at radius 1 is 1.12 bits per heavy atom. The number of carbonyl (C=O) groups excluding carboxylic acids is 3. The molecule has 0 saturated carbocycles. The Bertz CT molecular complexity index is 1220. The first-order valence-corrected chi connectivity index (χ1v) is 12.1. The summed E-state index contributed by atoms with van der Waals surface area (Å²) >= 11 is 8.23. The van der Waals surface area contributed by atoms with E-state index < -0.39 is 5.91 Å². The second-order valence-electron chi connectivity index (χ2n) is 6.81. The predicted octanol–water partition coefficient (Wildman–Crippen LogP) is 3.87. The van der Waals surface area contributed by atoms with Crippen LogP contribution in [0.3, 0.4) is 0 Å². The minimum Gasteiger partial charge on any atom is -0.354 e. The molecule has 0 spiro atoms. The molecular formula is C22H18ClN5O3S2.